The molecule has 78 valence electrons. The standard InChI is InChI=1S/C11H15ClFN/c1-3-4-11(14-2)9-7-8(12)5-6-10(9)13/h5-7,11,14H,3-4H2,1-2H3. The highest BCUT2D eigenvalue weighted by Crippen LogP contribution is 2.24. The van der Waals surface area contributed by atoms with E-state index in [2.05, 4.69) is 12.2 Å². The average Bonchev–Trinajstić information content (AvgIpc) is 2.18. The molecule has 0 aliphatic carbocycles. The van der Waals surface area contributed by atoms with Crippen LogP contribution in [0.15, 0.2) is 18.2 Å². The first kappa shape index (κ1) is 11.5. The van der Waals surface area contributed by atoms with Gasteiger partial charge in [0, 0.05) is 16.6 Å². The summed E-state index contributed by atoms with van der Waals surface area (Å²) in [4.78, 5) is 0. The minimum Gasteiger partial charge on any atom is -0.313 e. The van der Waals surface area contributed by atoms with E-state index in [0.717, 1.165) is 12.8 Å². The normalized spacial score (nSPS) is 12.9. The zero-order chi connectivity index (χ0) is 10.6. The minimum absolute atomic E-state index is 0.0544. The SMILES string of the molecule is CCCC(NC)c1cc(Cl)ccc1F. The summed E-state index contributed by atoms with van der Waals surface area (Å²) in [5, 5.41) is 3.67. The van der Waals surface area contributed by atoms with Crippen LogP contribution in [-0.2, 0) is 0 Å². The van der Waals surface area contributed by atoms with Crippen molar-refractivity contribution in [1.82, 2.24) is 5.32 Å². The summed E-state index contributed by atoms with van der Waals surface area (Å²) in [6.07, 6.45) is 1.92. The number of hydrogen-bond acceptors (Lipinski definition) is 1. The quantitative estimate of drug-likeness (QED) is 0.810. The Morgan fingerprint density at radius 3 is 2.79 bits per heavy atom. The molecular weight excluding hydrogens is 201 g/mol. The Kier molecular flexibility index (Phi) is 4.36. The molecule has 0 aliphatic rings. The molecule has 0 bridgehead atoms. The first-order chi connectivity index (χ1) is 6.69. The van der Waals surface area contributed by atoms with Crippen LogP contribution in [0.1, 0.15) is 31.4 Å². The maximum Gasteiger partial charge on any atom is 0.128 e. The number of nitrogens with one attached hydrogen (secondary N) is 1. The van der Waals surface area contributed by atoms with Gasteiger partial charge < -0.3 is 5.32 Å². The lowest BCUT2D eigenvalue weighted by atomic mass is 10.0. The molecule has 1 unspecified atom stereocenters. The van der Waals surface area contributed by atoms with E-state index in [-0.39, 0.29) is 11.9 Å². The third kappa shape index (κ3) is 2.69. The first-order valence-corrected chi connectivity index (χ1v) is 5.19. The summed E-state index contributed by atoms with van der Waals surface area (Å²) in [6.45, 7) is 2.08. The van der Waals surface area contributed by atoms with E-state index in [0.29, 0.717) is 10.6 Å². The van der Waals surface area contributed by atoms with E-state index >= 15 is 0 Å². The number of rotatable bonds is 4. The number of benzene rings is 1. The lowest BCUT2D eigenvalue weighted by molar-refractivity contribution is 0.504. The second-order valence-electron chi connectivity index (χ2n) is 3.30. The molecule has 1 rings (SSSR count). The molecule has 14 heavy (non-hydrogen) atoms. The second kappa shape index (κ2) is 5.32. The van der Waals surface area contributed by atoms with E-state index in [9.17, 15) is 4.39 Å². The highest BCUT2D eigenvalue weighted by molar-refractivity contribution is 6.30. The van der Waals surface area contributed by atoms with Gasteiger partial charge in [-0.1, -0.05) is 24.9 Å². The predicted molar refractivity (Wildman–Crippen MR) is 58.1 cm³/mol. The highest BCUT2D eigenvalue weighted by Gasteiger charge is 2.12. The van der Waals surface area contributed by atoms with Crippen molar-refractivity contribution in [2.45, 2.75) is 25.8 Å². The van der Waals surface area contributed by atoms with E-state index in [1.54, 1.807) is 12.1 Å². The van der Waals surface area contributed by atoms with Crippen LogP contribution in [0.4, 0.5) is 4.39 Å². The Bertz CT molecular complexity index is 301. The zero-order valence-electron chi connectivity index (χ0n) is 8.48. The predicted octanol–water partition coefficient (Wildman–Crippen LogP) is 3.54. The fourth-order valence-corrected chi connectivity index (χ4v) is 1.71. The van der Waals surface area contributed by atoms with Gasteiger partial charge in [0.15, 0.2) is 0 Å². The van der Waals surface area contributed by atoms with Crippen LogP contribution in [0, 0.1) is 5.82 Å². The van der Waals surface area contributed by atoms with Crippen molar-refractivity contribution in [3.8, 4) is 0 Å². The summed E-state index contributed by atoms with van der Waals surface area (Å²) in [6, 6.07) is 4.73. The lowest BCUT2D eigenvalue weighted by Gasteiger charge is -2.16. The summed E-state index contributed by atoms with van der Waals surface area (Å²) in [5.74, 6) is -0.192. The van der Waals surface area contributed by atoms with E-state index in [1.807, 2.05) is 7.05 Å². The largest absolute Gasteiger partial charge is 0.313 e. The first-order valence-electron chi connectivity index (χ1n) is 4.81. The summed E-state index contributed by atoms with van der Waals surface area (Å²) in [5.41, 5.74) is 0.654. The van der Waals surface area contributed by atoms with Gasteiger partial charge in [0.2, 0.25) is 0 Å². The highest BCUT2D eigenvalue weighted by atomic mass is 35.5. The van der Waals surface area contributed by atoms with Gasteiger partial charge in [0.05, 0.1) is 0 Å². The van der Waals surface area contributed by atoms with Crippen molar-refractivity contribution in [2.24, 2.45) is 0 Å². The minimum atomic E-state index is -0.192. The van der Waals surface area contributed by atoms with Crippen molar-refractivity contribution in [2.75, 3.05) is 7.05 Å². The molecule has 1 N–H and O–H groups in total. The summed E-state index contributed by atoms with van der Waals surface area (Å²) in [7, 11) is 1.83. The van der Waals surface area contributed by atoms with Gasteiger partial charge in [-0.3, -0.25) is 0 Å². The second-order valence-corrected chi connectivity index (χ2v) is 3.73. The Labute approximate surface area is 89.3 Å². The number of hydrogen-bond donors (Lipinski definition) is 1. The van der Waals surface area contributed by atoms with Gasteiger partial charge in [-0.05, 0) is 31.7 Å². The van der Waals surface area contributed by atoms with Crippen molar-refractivity contribution in [1.29, 1.82) is 0 Å². The van der Waals surface area contributed by atoms with Gasteiger partial charge in [0.25, 0.3) is 0 Å². The van der Waals surface area contributed by atoms with E-state index in [4.69, 9.17) is 11.6 Å². The van der Waals surface area contributed by atoms with Crippen LogP contribution in [0.3, 0.4) is 0 Å². The average molecular weight is 216 g/mol. The Hall–Kier alpha value is -0.600. The van der Waals surface area contributed by atoms with Gasteiger partial charge in [-0.25, -0.2) is 4.39 Å². The van der Waals surface area contributed by atoms with Gasteiger partial charge in [0.1, 0.15) is 5.82 Å². The Morgan fingerprint density at radius 1 is 1.50 bits per heavy atom. The van der Waals surface area contributed by atoms with Crippen LogP contribution in [-0.4, -0.2) is 7.05 Å². The fraction of sp³-hybridized carbons (Fsp3) is 0.455. The fourth-order valence-electron chi connectivity index (χ4n) is 1.53. The molecule has 0 heterocycles. The smallest absolute Gasteiger partial charge is 0.128 e. The van der Waals surface area contributed by atoms with Crippen LogP contribution in [0.25, 0.3) is 0 Å². The molecule has 0 saturated heterocycles. The van der Waals surface area contributed by atoms with Crippen molar-refractivity contribution >= 4 is 11.6 Å². The zero-order valence-corrected chi connectivity index (χ0v) is 9.24. The molecule has 0 spiro atoms. The molecule has 0 fully saturated rings. The van der Waals surface area contributed by atoms with Gasteiger partial charge in [-0.15, -0.1) is 0 Å². The molecule has 0 aromatic heterocycles. The van der Waals surface area contributed by atoms with Crippen molar-refractivity contribution < 1.29 is 4.39 Å². The van der Waals surface area contributed by atoms with Crippen molar-refractivity contribution in [3.05, 3.63) is 34.6 Å². The topological polar surface area (TPSA) is 12.0 Å². The summed E-state index contributed by atoms with van der Waals surface area (Å²) < 4.78 is 13.4. The summed E-state index contributed by atoms with van der Waals surface area (Å²) >= 11 is 5.82. The lowest BCUT2D eigenvalue weighted by Crippen LogP contribution is -2.17. The van der Waals surface area contributed by atoms with Crippen LogP contribution >= 0.6 is 11.6 Å². The third-order valence-electron chi connectivity index (χ3n) is 2.26. The molecule has 1 aromatic rings. The molecule has 0 aliphatic heterocycles. The molecule has 1 aromatic carbocycles. The Morgan fingerprint density at radius 2 is 2.21 bits per heavy atom. The maximum absolute atomic E-state index is 13.4. The van der Waals surface area contributed by atoms with Crippen LogP contribution in [0.5, 0.6) is 0 Å². The van der Waals surface area contributed by atoms with Gasteiger partial charge >= 0.3 is 0 Å². The molecule has 0 amide bonds. The maximum atomic E-state index is 13.4. The number of halogens is 2. The van der Waals surface area contributed by atoms with E-state index < -0.39 is 0 Å². The van der Waals surface area contributed by atoms with Crippen LogP contribution in [0.2, 0.25) is 5.02 Å². The molecular formula is C11H15ClFN. The molecule has 1 atom stereocenters. The van der Waals surface area contributed by atoms with Gasteiger partial charge in [-0.2, -0.15) is 0 Å². The molecule has 3 heteroatoms. The molecule has 1 nitrogen and oxygen atoms in total. The Balaban J connectivity index is 2.96. The molecule has 0 saturated carbocycles. The van der Waals surface area contributed by atoms with Crippen molar-refractivity contribution in [3.63, 3.8) is 0 Å². The van der Waals surface area contributed by atoms with Crippen LogP contribution < -0.4 is 5.32 Å². The third-order valence-corrected chi connectivity index (χ3v) is 2.49. The van der Waals surface area contributed by atoms with E-state index in [1.165, 1.54) is 6.07 Å². The monoisotopic (exact) mass is 215 g/mol. The molecule has 0 radical (unpaired) electrons.